The number of hydrogen-bond donors (Lipinski definition) is 0. The first-order valence-electron chi connectivity index (χ1n) is 8.65. The van der Waals surface area contributed by atoms with E-state index in [0.29, 0.717) is 18.2 Å². The Morgan fingerprint density at radius 2 is 1.89 bits per heavy atom. The molecule has 2 aromatic heterocycles. The summed E-state index contributed by atoms with van der Waals surface area (Å²) in [6, 6.07) is 7.91. The van der Waals surface area contributed by atoms with Crippen LogP contribution >= 0.6 is 34.5 Å². The number of imidazole rings is 1. The van der Waals surface area contributed by atoms with Crippen LogP contribution in [0.1, 0.15) is 11.3 Å². The zero-order valence-corrected chi connectivity index (χ0v) is 16.8. The number of rotatable bonds is 4. The van der Waals surface area contributed by atoms with Crippen molar-refractivity contribution >= 4 is 51.5 Å². The molecule has 1 aliphatic heterocycles. The van der Waals surface area contributed by atoms with E-state index in [1.165, 1.54) is 16.9 Å². The molecule has 8 heteroatoms. The lowest BCUT2D eigenvalue weighted by molar-refractivity contribution is -0.127. The number of amides is 1. The van der Waals surface area contributed by atoms with Gasteiger partial charge in [-0.05, 0) is 23.8 Å². The van der Waals surface area contributed by atoms with Gasteiger partial charge in [0.1, 0.15) is 0 Å². The molecule has 0 unspecified atom stereocenters. The van der Waals surface area contributed by atoms with Gasteiger partial charge in [-0.1, -0.05) is 35.3 Å². The van der Waals surface area contributed by atoms with E-state index in [-0.39, 0.29) is 5.91 Å². The van der Waals surface area contributed by atoms with Gasteiger partial charge in [0.2, 0.25) is 5.91 Å². The number of benzene rings is 1. The molecule has 3 aromatic rings. The van der Waals surface area contributed by atoms with Crippen LogP contribution in [0.15, 0.2) is 41.9 Å². The molecule has 1 aliphatic rings. The van der Waals surface area contributed by atoms with Gasteiger partial charge in [-0.15, -0.1) is 11.3 Å². The smallest absolute Gasteiger partial charge is 0.246 e. The molecule has 1 saturated heterocycles. The fourth-order valence-electron chi connectivity index (χ4n) is 3.16. The van der Waals surface area contributed by atoms with Crippen LogP contribution in [0, 0.1) is 0 Å². The number of carbonyl (C=O) groups is 1. The second-order valence-corrected chi connectivity index (χ2v) is 8.07. The highest BCUT2D eigenvalue weighted by atomic mass is 35.5. The van der Waals surface area contributed by atoms with E-state index in [2.05, 4.69) is 9.88 Å². The summed E-state index contributed by atoms with van der Waals surface area (Å²) in [6.45, 7) is 4.00. The standard InChI is InChI=1S/C19H18Cl2N4OS/c20-15-3-1-14(2-4-15)13-23-7-9-24(10-8-23)17(26)6-5-16-18(21)22-19-25(16)11-12-27-19/h1-6,11-12H,7-10,13H2/b6-5+. The summed E-state index contributed by atoms with van der Waals surface area (Å²) >= 11 is 13.6. The number of carbonyl (C=O) groups excluding carboxylic acids is 1. The molecule has 0 bridgehead atoms. The monoisotopic (exact) mass is 420 g/mol. The number of nitrogens with zero attached hydrogens (tertiary/aromatic N) is 4. The third kappa shape index (κ3) is 4.19. The Labute approximate surface area is 171 Å². The summed E-state index contributed by atoms with van der Waals surface area (Å²) in [4.78, 5) is 21.8. The van der Waals surface area contributed by atoms with Gasteiger partial charge >= 0.3 is 0 Å². The Hall–Kier alpha value is -1.86. The van der Waals surface area contributed by atoms with E-state index in [4.69, 9.17) is 23.2 Å². The fraction of sp³-hybridized carbons (Fsp3) is 0.263. The van der Waals surface area contributed by atoms with Crippen molar-refractivity contribution in [3.8, 4) is 0 Å². The second kappa shape index (κ2) is 8.02. The molecular weight excluding hydrogens is 403 g/mol. The summed E-state index contributed by atoms with van der Waals surface area (Å²) in [5.74, 6) is 0.00221. The largest absolute Gasteiger partial charge is 0.337 e. The maximum atomic E-state index is 12.5. The zero-order chi connectivity index (χ0) is 18.8. The van der Waals surface area contributed by atoms with Crippen molar-refractivity contribution in [2.75, 3.05) is 26.2 Å². The Bertz CT molecular complexity index is 971. The Morgan fingerprint density at radius 3 is 2.63 bits per heavy atom. The van der Waals surface area contributed by atoms with Gasteiger partial charge in [0.15, 0.2) is 10.1 Å². The first-order valence-corrected chi connectivity index (χ1v) is 10.3. The highest BCUT2D eigenvalue weighted by molar-refractivity contribution is 7.15. The molecule has 140 valence electrons. The molecule has 1 amide bonds. The maximum absolute atomic E-state index is 12.5. The minimum atomic E-state index is 0.00221. The van der Waals surface area contributed by atoms with Crippen molar-refractivity contribution in [3.05, 3.63) is 63.4 Å². The summed E-state index contributed by atoms with van der Waals surface area (Å²) in [6.07, 6.45) is 5.23. The molecule has 0 N–H and O–H groups in total. The summed E-state index contributed by atoms with van der Waals surface area (Å²) in [5.41, 5.74) is 1.97. The molecular formula is C19H18Cl2N4OS. The average Bonchev–Trinajstić information content (AvgIpc) is 3.23. The minimum absolute atomic E-state index is 0.00221. The van der Waals surface area contributed by atoms with Crippen molar-refractivity contribution in [2.45, 2.75) is 6.54 Å². The predicted octanol–water partition coefficient (Wildman–Crippen LogP) is 4.06. The van der Waals surface area contributed by atoms with Crippen LogP contribution in [0.4, 0.5) is 0 Å². The molecule has 3 heterocycles. The third-order valence-electron chi connectivity index (χ3n) is 4.64. The minimum Gasteiger partial charge on any atom is -0.337 e. The molecule has 1 aromatic carbocycles. The van der Waals surface area contributed by atoms with E-state index < -0.39 is 0 Å². The molecule has 0 atom stereocenters. The lowest BCUT2D eigenvalue weighted by Gasteiger charge is -2.34. The van der Waals surface area contributed by atoms with Crippen molar-refractivity contribution in [1.29, 1.82) is 0 Å². The SMILES string of the molecule is O=C(/C=C/c1c(Cl)nc2sccn12)N1CCN(Cc2ccc(Cl)cc2)CC1. The molecule has 0 aliphatic carbocycles. The Morgan fingerprint density at radius 1 is 1.15 bits per heavy atom. The van der Waals surface area contributed by atoms with Crippen molar-refractivity contribution in [1.82, 2.24) is 19.2 Å². The number of fused-ring (bicyclic) bond motifs is 1. The fourth-order valence-corrected chi connectivity index (χ4v) is 4.29. The van der Waals surface area contributed by atoms with Gasteiger partial charge in [0.25, 0.3) is 0 Å². The Kier molecular flexibility index (Phi) is 5.50. The van der Waals surface area contributed by atoms with Gasteiger partial charge in [-0.3, -0.25) is 14.1 Å². The van der Waals surface area contributed by atoms with E-state index in [1.54, 1.807) is 12.2 Å². The van der Waals surface area contributed by atoms with Gasteiger partial charge < -0.3 is 4.90 Å². The van der Waals surface area contributed by atoms with E-state index in [9.17, 15) is 4.79 Å². The number of piperazine rings is 1. The number of aromatic nitrogens is 2. The molecule has 0 saturated carbocycles. The molecule has 0 spiro atoms. The normalized spacial score (nSPS) is 15.9. The number of thiazole rings is 1. The van der Waals surface area contributed by atoms with Crippen molar-refractivity contribution < 1.29 is 4.79 Å². The van der Waals surface area contributed by atoms with Gasteiger partial charge in [-0.25, -0.2) is 4.98 Å². The van der Waals surface area contributed by atoms with Crippen molar-refractivity contribution in [3.63, 3.8) is 0 Å². The van der Waals surface area contributed by atoms with Crippen LogP contribution in [0.5, 0.6) is 0 Å². The predicted molar refractivity (Wildman–Crippen MR) is 110 cm³/mol. The van der Waals surface area contributed by atoms with E-state index in [1.807, 2.05) is 45.1 Å². The molecule has 27 heavy (non-hydrogen) atoms. The summed E-state index contributed by atoms with van der Waals surface area (Å²) in [5, 5.41) is 3.11. The van der Waals surface area contributed by atoms with Gasteiger partial charge in [0, 0.05) is 55.4 Å². The summed E-state index contributed by atoms with van der Waals surface area (Å²) in [7, 11) is 0. The van der Waals surface area contributed by atoms with Gasteiger partial charge in [0.05, 0.1) is 5.69 Å². The number of halogens is 2. The molecule has 1 fully saturated rings. The lowest BCUT2D eigenvalue weighted by atomic mass is 10.2. The second-order valence-electron chi connectivity index (χ2n) is 6.40. The molecule has 0 radical (unpaired) electrons. The first kappa shape index (κ1) is 18.5. The molecule has 4 rings (SSSR count). The lowest BCUT2D eigenvalue weighted by Crippen LogP contribution is -2.47. The van der Waals surface area contributed by atoms with Crippen LogP contribution in [-0.2, 0) is 11.3 Å². The maximum Gasteiger partial charge on any atom is 0.246 e. The highest BCUT2D eigenvalue weighted by Crippen LogP contribution is 2.22. The average molecular weight is 421 g/mol. The van der Waals surface area contributed by atoms with Crippen LogP contribution in [-0.4, -0.2) is 51.3 Å². The van der Waals surface area contributed by atoms with Gasteiger partial charge in [-0.2, -0.15) is 0 Å². The van der Waals surface area contributed by atoms with Crippen LogP contribution in [0.25, 0.3) is 11.0 Å². The third-order valence-corrected chi connectivity index (χ3v) is 5.93. The van der Waals surface area contributed by atoms with Crippen LogP contribution < -0.4 is 0 Å². The van der Waals surface area contributed by atoms with E-state index in [0.717, 1.165) is 35.3 Å². The van der Waals surface area contributed by atoms with Crippen LogP contribution in [0.2, 0.25) is 10.2 Å². The summed E-state index contributed by atoms with van der Waals surface area (Å²) < 4.78 is 1.89. The Balaban J connectivity index is 1.34. The quantitative estimate of drug-likeness (QED) is 0.597. The van der Waals surface area contributed by atoms with E-state index >= 15 is 0 Å². The topological polar surface area (TPSA) is 40.9 Å². The molecule has 5 nitrogen and oxygen atoms in total. The van der Waals surface area contributed by atoms with Crippen molar-refractivity contribution in [2.24, 2.45) is 0 Å². The first-order chi connectivity index (χ1) is 13.1. The number of hydrogen-bond acceptors (Lipinski definition) is 4. The highest BCUT2D eigenvalue weighted by Gasteiger charge is 2.20. The zero-order valence-electron chi connectivity index (χ0n) is 14.5. The van der Waals surface area contributed by atoms with Crippen LogP contribution in [0.3, 0.4) is 0 Å².